The highest BCUT2D eigenvalue weighted by Gasteiger charge is 2.13. The van der Waals surface area contributed by atoms with Crippen LogP contribution in [0.15, 0.2) is 47.1 Å². The van der Waals surface area contributed by atoms with E-state index >= 15 is 0 Å². The van der Waals surface area contributed by atoms with Gasteiger partial charge in [-0.25, -0.2) is 0 Å². The zero-order chi connectivity index (χ0) is 14.4. The van der Waals surface area contributed by atoms with Gasteiger partial charge in [0.1, 0.15) is 5.76 Å². The van der Waals surface area contributed by atoms with Gasteiger partial charge in [-0.05, 0) is 30.3 Å². The number of carbonyl (C=O) groups excluding carboxylic acids is 2. The smallest absolute Gasteiger partial charge is 0.313 e. The molecule has 20 heavy (non-hydrogen) atoms. The summed E-state index contributed by atoms with van der Waals surface area (Å²) in [4.78, 5) is 23.2. The van der Waals surface area contributed by atoms with Gasteiger partial charge in [-0.3, -0.25) is 9.59 Å². The van der Waals surface area contributed by atoms with Crippen molar-refractivity contribution in [1.82, 2.24) is 5.32 Å². The maximum absolute atomic E-state index is 11.6. The molecule has 0 aliphatic carbocycles. The molecule has 104 valence electrons. The largest absolute Gasteiger partial charge is 0.469 e. The second-order valence-corrected chi connectivity index (χ2v) is 4.49. The zero-order valence-electron chi connectivity index (χ0n) is 10.6. The van der Waals surface area contributed by atoms with Gasteiger partial charge in [-0.2, -0.15) is 0 Å². The number of benzene rings is 1. The first kappa shape index (κ1) is 14.1. The molecule has 0 saturated heterocycles. The standard InChI is InChI=1S/C14H13ClN2O3/c15-10-3-1-4-11(9-10)17-14(19)13(18)16-7-6-12-5-2-8-20-12/h1-5,8-9H,6-7H2,(H,16,18)(H,17,19). The Kier molecular flexibility index (Phi) is 4.79. The van der Waals surface area contributed by atoms with Crippen LogP contribution < -0.4 is 10.6 Å². The summed E-state index contributed by atoms with van der Waals surface area (Å²) in [6.45, 7) is 0.329. The quantitative estimate of drug-likeness (QED) is 0.849. The molecule has 0 saturated carbocycles. The average Bonchev–Trinajstić information content (AvgIpc) is 2.91. The van der Waals surface area contributed by atoms with Gasteiger partial charge in [0.25, 0.3) is 0 Å². The highest BCUT2D eigenvalue weighted by atomic mass is 35.5. The predicted molar refractivity (Wildman–Crippen MR) is 75.5 cm³/mol. The molecule has 0 unspecified atom stereocenters. The Balaban J connectivity index is 1.78. The first-order valence-corrected chi connectivity index (χ1v) is 6.40. The molecule has 0 radical (unpaired) electrons. The number of hydrogen-bond acceptors (Lipinski definition) is 3. The van der Waals surface area contributed by atoms with Crippen molar-refractivity contribution in [2.75, 3.05) is 11.9 Å². The summed E-state index contributed by atoms with van der Waals surface area (Å²) in [5.74, 6) is -0.677. The van der Waals surface area contributed by atoms with Crippen LogP contribution in [0.3, 0.4) is 0 Å². The molecule has 2 aromatic rings. The number of furan rings is 1. The van der Waals surface area contributed by atoms with Crippen molar-refractivity contribution in [2.45, 2.75) is 6.42 Å². The van der Waals surface area contributed by atoms with E-state index in [1.54, 1.807) is 42.7 Å². The number of anilines is 1. The molecule has 2 rings (SSSR count). The Hall–Kier alpha value is -2.27. The summed E-state index contributed by atoms with van der Waals surface area (Å²) >= 11 is 5.79. The summed E-state index contributed by atoms with van der Waals surface area (Å²) < 4.78 is 5.12. The van der Waals surface area contributed by atoms with Gasteiger partial charge >= 0.3 is 11.8 Å². The molecule has 6 heteroatoms. The first-order chi connectivity index (χ1) is 9.65. The van der Waals surface area contributed by atoms with Crippen molar-refractivity contribution in [3.63, 3.8) is 0 Å². The van der Waals surface area contributed by atoms with Crippen LogP contribution in [0.5, 0.6) is 0 Å². The Bertz CT molecular complexity index is 596. The van der Waals surface area contributed by atoms with Crippen molar-refractivity contribution < 1.29 is 14.0 Å². The number of rotatable bonds is 4. The van der Waals surface area contributed by atoms with E-state index < -0.39 is 11.8 Å². The molecule has 2 amide bonds. The summed E-state index contributed by atoms with van der Waals surface area (Å²) in [6, 6.07) is 10.2. The number of amides is 2. The normalized spacial score (nSPS) is 10.1. The van der Waals surface area contributed by atoms with E-state index in [0.717, 1.165) is 5.76 Å². The Labute approximate surface area is 120 Å². The van der Waals surface area contributed by atoms with E-state index in [0.29, 0.717) is 23.7 Å². The van der Waals surface area contributed by atoms with Crippen molar-refractivity contribution in [3.05, 3.63) is 53.4 Å². The molecule has 0 atom stereocenters. The predicted octanol–water partition coefficient (Wildman–Crippen LogP) is 2.23. The lowest BCUT2D eigenvalue weighted by atomic mass is 10.3. The summed E-state index contributed by atoms with van der Waals surface area (Å²) in [5, 5.41) is 5.47. The topological polar surface area (TPSA) is 71.3 Å². The monoisotopic (exact) mass is 292 g/mol. The molecular weight excluding hydrogens is 280 g/mol. The molecule has 1 aromatic heterocycles. The SMILES string of the molecule is O=C(NCCc1ccco1)C(=O)Nc1cccc(Cl)c1. The number of nitrogens with one attached hydrogen (secondary N) is 2. The molecule has 0 spiro atoms. The number of carbonyl (C=O) groups is 2. The summed E-state index contributed by atoms with van der Waals surface area (Å²) in [6.07, 6.45) is 2.09. The van der Waals surface area contributed by atoms with E-state index in [1.165, 1.54) is 0 Å². The minimum absolute atomic E-state index is 0.329. The highest BCUT2D eigenvalue weighted by Crippen LogP contribution is 2.14. The molecule has 5 nitrogen and oxygen atoms in total. The van der Waals surface area contributed by atoms with Crippen LogP contribution >= 0.6 is 11.6 Å². The number of hydrogen-bond donors (Lipinski definition) is 2. The third kappa shape index (κ3) is 4.13. The van der Waals surface area contributed by atoms with Gasteiger partial charge in [0.15, 0.2) is 0 Å². The molecule has 1 aromatic carbocycles. The van der Waals surface area contributed by atoms with Crippen LogP contribution in [0.2, 0.25) is 5.02 Å². The second kappa shape index (κ2) is 6.77. The fourth-order valence-electron chi connectivity index (χ4n) is 1.59. The Morgan fingerprint density at radius 1 is 1.15 bits per heavy atom. The second-order valence-electron chi connectivity index (χ2n) is 4.05. The van der Waals surface area contributed by atoms with Gasteiger partial charge in [0.05, 0.1) is 6.26 Å². The van der Waals surface area contributed by atoms with Gasteiger partial charge in [0.2, 0.25) is 0 Å². The van der Waals surface area contributed by atoms with Gasteiger partial charge in [-0.1, -0.05) is 17.7 Å². The summed E-state index contributed by atoms with van der Waals surface area (Å²) in [7, 11) is 0. The lowest BCUT2D eigenvalue weighted by Crippen LogP contribution is -2.36. The Morgan fingerprint density at radius 2 is 2.00 bits per heavy atom. The molecule has 1 heterocycles. The maximum Gasteiger partial charge on any atom is 0.313 e. The fourth-order valence-corrected chi connectivity index (χ4v) is 1.78. The van der Waals surface area contributed by atoms with Gasteiger partial charge in [-0.15, -0.1) is 0 Å². The van der Waals surface area contributed by atoms with Crippen LogP contribution in [0.25, 0.3) is 0 Å². The van der Waals surface area contributed by atoms with E-state index in [-0.39, 0.29) is 0 Å². The zero-order valence-corrected chi connectivity index (χ0v) is 11.3. The molecule has 0 aliphatic heterocycles. The van der Waals surface area contributed by atoms with Crippen LogP contribution in [0.1, 0.15) is 5.76 Å². The average molecular weight is 293 g/mol. The van der Waals surface area contributed by atoms with E-state index in [9.17, 15) is 9.59 Å². The van der Waals surface area contributed by atoms with Gasteiger partial charge in [0, 0.05) is 23.7 Å². The fraction of sp³-hybridized carbons (Fsp3) is 0.143. The van der Waals surface area contributed by atoms with Crippen LogP contribution in [-0.4, -0.2) is 18.4 Å². The van der Waals surface area contributed by atoms with Crippen molar-refractivity contribution >= 4 is 29.1 Å². The van der Waals surface area contributed by atoms with Crippen LogP contribution in [0, 0.1) is 0 Å². The molecule has 0 bridgehead atoms. The maximum atomic E-state index is 11.6. The van der Waals surface area contributed by atoms with E-state index in [2.05, 4.69) is 10.6 Å². The third-order valence-electron chi connectivity index (χ3n) is 2.53. The van der Waals surface area contributed by atoms with Gasteiger partial charge < -0.3 is 15.1 Å². The lowest BCUT2D eigenvalue weighted by molar-refractivity contribution is -0.136. The van der Waals surface area contributed by atoms with Crippen LogP contribution in [-0.2, 0) is 16.0 Å². The van der Waals surface area contributed by atoms with E-state index in [4.69, 9.17) is 16.0 Å². The lowest BCUT2D eigenvalue weighted by Gasteiger charge is -2.06. The summed E-state index contributed by atoms with van der Waals surface area (Å²) in [5.41, 5.74) is 0.476. The minimum atomic E-state index is -0.730. The van der Waals surface area contributed by atoms with Crippen molar-refractivity contribution in [3.8, 4) is 0 Å². The van der Waals surface area contributed by atoms with Crippen molar-refractivity contribution in [1.29, 1.82) is 0 Å². The third-order valence-corrected chi connectivity index (χ3v) is 2.76. The Morgan fingerprint density at radius 3 is 2.70 bits per heavy atom. The molecule has 0 aliphatic rings. The van der Waals surface area contributed by atoms with E-state index in [1.807, 2.05) is 0 Å². The molecule has 2 N–H and O–H groups in total. The number of halogens is 1. The minimum Gasteiger partial charge on any atom is -0.469 e. The van der Waals surface area contributed by atoms with Crippen molar-refractivity contribution in [2.24, 2.45) is 0 Å². The highest BCUT2D eigenvalue weighted by molar-refractivity contribution is 6.39. The molecular formula is C14H13ClN2O3. The van der Waals surface area contributed by atoms with Crippen LogP contribution in [0.4, 0.5) is 5.69 Å². The molecule has 0 fully saturated rings. The first-order valence-electron chi connectivity index (χ1n) is 6.02.